The van der Waals surface area contributed by atoms with Crippen LogP contribution in [-0.4, -0.2) is 20.9 Å². The summed E-state index contributed by atoms with van der Waals surface area (Å²) < 4.78 is 23.2. The molecular formula is C13H18BrClN2O3S. The van der Waals surface area contributed by atoms with Crippen LogP contribution in [-0.2, 0) is 10.0 Å². The lowest BCUT2D eigenvalue weighted by molar-refractivity contribution is 0.0935. The average Bonchev–Trinajstić information content (AvgIpc) is 2.37. The van der Waals surface area contributed by atoms with Crippen LogP contribution in [0.4, 0.5) is 0 Å². The molecule has 0 aliphatic carbocycles. The van der Waals surface area contributed by atoms with Crippen LogP contribution in [0, 0.1) is 5.41 Å². The van der Waals surface area contributed by atoms with Crippen LogP contribution < -0.4 is 10.5 Å². The maximum Gasteiger partial charge on any atom is 0.251 e. The van der Waals surface area contributed by atoms with Gasteiger partial charge in [-0.2, -0.15) is 0 Å². The quantitative estimate of drug-likeness (QED) is 0.800. The third kappa shape index (κ3) is 4.95. The largest absolute Gasteiger partial charge is 0.352 e. The number of benzene rings is 1. The Hall–Kier alpha value is -0.630. The van der Waals surface area contributed by atoms with Crippen molar-refractivity contribution < 1.29 is 13.2 Å². The van der Waals surface area contributed by atoms with E-state index in [1.54, 1.807) is 0 Å². The molecule has 8 heteroatoms. The van der Waals surface area contributed by atoms with Gasteiger partial charge in [-0.15, -0.1) is 0 Å². The summed E-state index contributed by atoms with van der Waals surface area (Å²) in [5, 5.41) is 7.99. The first kappa shape index (κ1) is 18.4. The molecule has 3 N–H and O–H groups in total. The molecule has 0 aliphatic rings. The molecule has 0 aromatic heterocycles. The number of halogens is 2. The van der Waals surface area contributed by atoms with Gasteiger partial charge in [0.25, 0.3) is 5.91 Å². The smallest absolute Gasteiger partial charge is 0.251 e. The molecule has 0 unspecified atom stereocenters. The zero-order valence-electron chi connectivity index (χ0n) is 12.0. The van der Waals surface area contributed by atoms with Gasteiger partial charge in [0.15, 0.2) is 0 Å². The normalized spacial score (nSPS) is 12.3. The number of carbonyl (C=O) groups is 1. The molecule has 0 atom stereocenters. The van der Waals surface area contributed by atoms with E-state index < -0.39 is 15.9 Å². The molecule has 1 amide bonds. The first-order valence-electron chi connectivity index (χ1n) is 6.28. The predicted molar refractivity (Wildman–Crippen MR) is 86.9 cm³/mol. The molecular weight excluding hydrogens is 380 g/mol. The maximum absolute atomic E-state index is 12.1. The summed E-state index contributed by atoms with van der Waals surface area (Å²) in [5.41, 5.74) is 0.108. The molecule has 1 aromatic carbocycles. The van der Waals surface area contributed by atoms with E-state index in [1.807, 2.05) is 20.8 Å². The summed E-state index contributed by atoms with van der Waals surface area (Å²) >= 11 is 9.00. The number of nitrogens with one attached hydrogen (secondary N) is 1. The van der Waals surface area contributed by atoms with Crippen LogP contribution >= 0.6 is 27.5 Å². The summed E-state index contributed by atoms with van der Waals surface area (Å²) in [5.74, 6) is -0.393. The highest BCUT2D eigenvalue weighted by Crippen LogP contribution is 2.30. The minimum Gasteiger partial charge on any atom is -0.352 e. The van der Waals surface area contributed by atoms with E-state index in [0.29, 0.717) is 6.54 Å². The van der Waals surface area contributed by atoms with Crippen molar-refractivity contribution in [3.63, 3.8) is 0 Å². The van der Waals surface area contributed by atoms with Crippen molar-refractivity contribution in [2.24, 2.45) is 10.6 Å². The highest BCUT2D eigenvalue weighted by Gasteiger charge is 2.21. The van der Waals surface area contributed by atoms with Gasteiger partial charge < -0.3 is 5.32 Å². The molecule has 0 fully saturated rings. The fourth-order valence-electron chi connectivity index (χ4n) is 1.45. The Labute approximate surface area is 138 Å². The SMILES string of the molecule is CCC(C)(C)CNC(=O)c1cc(Cl)c(Br)c(S(N)(=O)=O)c1. The minimum atomic E-state index is -3.97. The van der Waals surface area contributed by atoms with Gasteiger partial charge in [-0.05, 0) is 39.9 Å². The molecule has 0 bridgehead atoms. The van der Waals surface area contributed by atoms with Crippen LogP contribution in [0.25, 0.3) is 0 Å². The van der Waals surface area contributed by atoms with E-state index in [0.717, 1.165) is 6.42 Å². The van der Waals surface area contributed by atoms with Crippen molar-refractivity contribution in [3.8, 4) is 0 Å². The van der Waals surface area contributed by atoms with E-state index >= 15 is 0 Å². The van der Waals surface area contributed by atoms with Crippen LogP contribution in [0.2, 0.25) is 5.02 Å². The lowest BCUT2D eigenvalue weighted by Gasteiger charge is -2.23. The van der Waals surface area contributed by atoms with Crippen LogP contribution in [0.1, 0.15) is 37.6 Å². The summed E-state index contributed by atoms with van der Waals surface area (Å²) in [4.78, 5) is 11.9. The van der Waals surface area contributed by atoms with Crippen LogP contribution in [0.5, 0.6) is 0 Å². The van der Waals surface area contributed by atoms with E-state index in [2.05, 4.69) is 21.2 Å². The van der Waals surface area contributed by atoms with Crippen molar-refractivity contribution in [2.45, 2.75) is 32.1 Å². The summed E-state index contributed by atoms with van der Waals surface area (Å²) in [7, 11) is -3.97. The number of rotatable bonds is 5. The van der Waals surface area contributed by atoms with Gasteiger partial charge in [-0.25, -0.2) is 13.6 Å². The minimum absolute atomic E-state index is 0.0441. The van der Waals surface area contributed by atoms with Crippen molar-refractivity contribution >= 4 is 43.5 Å². The van der Waals surface area contributed by atoms with Gasteiger partial charge in [0.1, 0.15) is 0 Å². The Bertz CT molecular complexity index is 660. The zero-order chi connectivity index (χ0) is 16.4. The number of amides is 1. The fraction of sp³-hybridized carbons (Fsp3) is 0.462. The highest BCUT2D eigenvalue weighted by molar-refractivity contribution is 9.10. The van der Waals surface area contributed by atoms with Crippen molar-refractivity contribution in [1.29, 1.82) is 0 Å². The van der Waals surface area contributed by atoms with Crippen LogP contribution in [0.3, 0.4) is 0 Å². The van der Waals surface area contributed by atoms with Crippen molar-refractivity contribution in [2.75, 3.05) is 6.54 Å². The Morgan fingerprint density at radius 3 is 2.48 bits per heavy atom. The van der Waals surface area contributed by atoms with Gasteiger partial charge in [-0.1, -0.05) is 32.4 Å². The number of carbonyl (C=O) groups excluding carboxylic acids is 1. The van der Waals surface area contributed by atoms with Gasteiger partial charge in [0, 0.05) is 12.1 Å². The first-order chi connectivity index (χ1) is 9.48. The monoisotopic (exact) mass is 396 g/mol. The predicted octanol–water partition coefficient (Wildman–Crippen LogP) is 2.92. The number of hydrogen-bond acceptors (Lipinski definition) is 3. The number of sulfonamides is 1. The third-order valence-electron chi connectivity index (χ3n) is 3.25. The van der Waals surface area contributed by atoms with Gasteiger partial charge in [-0.3, -0.25) is 4.79 Å². The second kappa shape index (κ2) is 6.64. The Morgan fingerprint density at radius 2 is 2.00 bits per heavy atom. The van der Waals surface area contributed by atoms with Gasteiger partial charge in [0.05, 0.1) is 14.4 Å². The maximum atomic E-state index is 12.1. The fourth-order valence-corrected chi connectivity index (χ4v) is 3.28. The van der Waals surface area contributed by atoms with Crippen molar-refractivity contribution in [1.82, 2.24) is 5.32 Å². The Morgan fingerprint density at radius 1 is 1.43 bits per heavy atom. The third-order valence-corrected chi connectivity index (χ3v) is 5.83. The molecule has 118 valence electrons. The topological polar surface area (TPSA) is 89.3 Å². The summed E-state index contributed by atoms with van der Waals surface area (Å²) in [6.45, 7) is 6.55. The zero-order valence-corrected chi connectivity index (χ0v) is 15.2. The van der Waals surface area contributed by atoms with E-state index in [9.17, 15) is 13.2 Å². The molecule has 0 heterocycles. The second-order valence-corrected chi connectivity index (χ2v) is 8.25. The lowest BCUT2D eigenvalue weighted by atomic mass is 9.90. The molecule has 1 rings (SSSR count). The molecule has 5 nitrogen and oxygen atoms in total. The second-order valence-electron chi connectivity index (χ2n) is 5.52. The van der Waals surface area contributed by atoms with Gasteiger partial charge in [0.2, 0.25) is 10.0 Å². The van der Waals surface area contributed by atoms with E-state index in [1.165, 1.54) is 12.1 Å². The standard InChI is InChI=1S/C13H18BrClN2O3S/c1-4-13(2,3)7-17-12(18)8-5-9(15)11(14)10(6-8)21(16,19)20/h5-6H,4,7H2,1-3H3,(H,17,18)(H2,16,19,20). The summed E-state index contributed by atoms with van der Waals surface area (Å²) in [6.07, 6.45) is 0.900. The van der Waals surface area contributed by atoms with E-state index in [4.69, 9.17) is 16.7 Å². The van der Waals surface area contributed by atoms with Crippen LogP contribution in [0.15, 0.2) is 21.5 Å². The first-order valence-corrected chi connectivity index (χ1v) is 8.99. The van der Waals surface area contributed by atoms with Crippen molar-refractivity contribution in [3.05, 3.63) is 27.2 Å². The Balaban J connectivity index is 3.10. The Kier molecular flexibility index (Phi) is 5.83. The highest BCUT2D eigenvalue weighted by atomic mass is 79.9. The molecule has 21 heavy (non-hydrogen) atoms. The molecule has 0 saturated carbocycles. The number of nitrogens with two attached hydrogens (primary N) is 1. The molecule has 0 aliphatic heterocycles. The molecule has 0 radical (unpaired) electrons. The molecule has 0 saturated heterocycles. The summed E-state index contributed by atoms with van der Waals surface area (Å²) in [6, 6.07) is 2.61. The van der Waals surface area contributed by atoms with Gasteiger partial charge >= 0.3 is 0 Å². The van der Waals surface area contributed by atoms with E-state index in [-0.39, 0.29) is 25.4 Å². The number of hydrogen-bond donors (Lipinski definition) is 2. The lowest BCUT2D eigenvalue weighted by Crippen LogP contribution is -2.33. The average molecular weight is 398 g/mol. The molecule has 0 spiro atoms. The number of primary sulfonamides is 1. The molecule has 1 aromatic rings.